The third-order valence-corrected chi connectivity index (χ3v) is 6.47. The molecule has 0 spiro atoms. The molecule has 36 heavy (non-hydrogen) atoms. The zero-order chi connectivity index (χ0) is 25.3. The van der Waals surface area contributed by atoms with Crippen molar-refractivity contribution in [2.45, 2.75) is 30.8 Å². The maximum absolute atomic E-state index is 12.7. The molecule has 0 aliphatic rings. The molecule has 0 fully saturated rings. The molecule has 3 aromatic carbocycles. The second-order valence-electron chi connectivity index (χ2n) is 8.01. The Morgan fingerprint density at radius 2 is 1.86 bits per heavy atom. The summed E-state index contributed by atoms with van der Waals surface area (Å²) in [5, 5.41) is 16.5. The number of thioether (sulfide) groups is 1. The Morgan fingerprint density at radius 1 is 1.08 bits per heavy atom. The van der Waals surface area contributed by atoms with E-state index < -0.39 is 5.25 Å². The largest absolute Gasteiger partial charge is 0.497 e. The number of hydrogen-bond acceptors (Lipinski definition) is 7. The first-order valence-electron chi connectivity index (χ1n) is 11.5. The maximum Gasteiger partial charge on any atom is 0.253 e. The molecule has 9 heteroatoms. The highest BCUT2D eigenvalue weighted by Gasteiger charge is 2.21. The van der Waals surface area contributed by atoms with Gasteiger partial charge in [0.25, 0.3) is 5.91 Å². The van der Waals surface area contributed by atoms with E-state index in [0.717, 1.165) is 34.1 Å². The molecule has 1 amide bonds. The maximum atomic E-state index is 12.7. The van der Waals surface area contributed by atoms with Gasteiger partial charge in [-0.3, -0.25) is 9.36 Å². The Balaban J connectivity index is 1.47. The van der Waals surface area contributed by atoms with Gasteiger partial charge in [0.05, 0.1) is 25.1 Å². The predicted molar refractivity (Wildman–Crippen MR) is 144 cm³/mol. The Hall–Kier alpha value is -4.11. The van der Waals surface area contributed by atoms with Crippen LogP contribution in [0.3, 0.4) is 0 Å². The molecule has 184 valence electrons. The quantitative estimate of drug-likeness (QED) is 0.184. The fourth-order valence-electron chi connectivity index (χ4n) is 3.47. The van der Waals surface area contributed by atoms with Gasteiger partial charge >= 0.3 is 0 Å². The summed E-state index contributed by atoms with van der Waals surface area (Å²) in [4.78, 5) is 12.7. The van der Waals surface area contributed by atoms with Crippen LogP contribution in [0, 0.1) is 6.92 Å². The number of carbonyl (C=O) groups is 1. The SMILES string of the molecule is COc1cccc(C=NNC(=O)C(C)Sc2nnc(CNc3ccccc3C)n2-c2ccccc2)c1. The van der Waals surface area contributed by atoms with E-state index in [4.69, 9.17) is 4.74 Å². The highest BCUT2D eigenvalue weighted by Crippen LogP contribution is 2.26. The van der Waals surface area contributed by atoms with Gasteiger partial charge in [-0.05, 0) is 55.3 Å². The van der Waals surface area contributed by atoms with Gasteiger partial charge in [-0.25, -0.2) is 5.43 Å². The summed E-state index contributed by atoms with van der Waals surface area (Å²) in [6.45, 7) is 4.36. The number of nitrogens with one attached hydrogen (secondary N) is 2. The fourth-order valence-corrected chi connectivity index (χ4v) is 4.35. The third kappa shape index (κ3) is 6.31. The average Bonchev–Trinajstić information content (AvgIpc) is 3.30. The van der Waals surface area contributed by atoms with E-state index in [9.17, 15) is 4.79 Å². The number of amides is 1. The number of aryl methyl sites for hydroxylation is 1. The number of nitrogens with zero attached hydrogens (tertiary/aromatic N) is 4. The van der Waals surface area contributed by atoms with Crippen molar-refractivity contribution in [1.82, 2.24) is 20.2 Å². The number of ether oxygens (including phenoxy) is 1. The van der Waals surface area contributed by atoms with Crippen molar-refractivity contribution in [3.05, 3.63) is 95.8 Å². The molecule has 1 heterocycles. The summed E-state index contributed by atoms with van der Waals surface area (Å²) in [5.41, 5.74) is 6.54. The predicted octanol–water partition coefficient (Wildman–Crippen LogP) is 4.83. The second kappa shape index (κ2) is 12.0. The molecule has 0 bridgehead atoms. The first kappa shape index (κ1) is 25.0. The van der Waals surface area contributed by atoms with E-state index in [1.165, 1.54) is 11.8 Å². The van der Waals surface area contributed by atoms with Crippen LogP contribution in [-0.4, -0.2) is 39.2 Å². The van der Waals surface area contributed by atoms with Crippen molar-refractivity contribution in [2.24, 2.45) is 5.10 Å². The Labute approximate surface area is 214 Å². The van der Waals surface area contributed by atoms with E-state index in [1.54, 1.807) is 13.3 Å². The van der Waals surface area contributed by atoms with Crippen LogP contribution in [0.15, 0.2) is 89.1 Å². The topological polar surface area (TPSA) is 93.4 Å². The van der Waals surface area contributed by atoms with Gasteiger partial charge in [-0.1, -0.05) is 60.3 Å². The summed E-state index contributed by atoms with van der Waals surface area (Å²) in [6.07, 6.45) is 1.58. The highest BCUT2D eigenvalue weighted by molar-refractivity contribution is 8.00. The summed E-state index contributed by atoms with van der Waals surface area (Å²) in [7, 11) is 1.61. The first-order chi connectivity index (χ1) is 17.5. The fraction of sp³-hybridized carbons (Fsp3) is 0.185. The molecule has 0 saturated heterocycles. The molecule has 1 aromatic heterocycles. The minimum Gasteiger partial charge on any atom is -0.497 e. The molecule has 4 aromatic rings. The lowest BCUT2D eigenvalue weighted by atomic mass is 10.2. The van der Waals surface area contributed by atoms with E-state index >= 15 is 0 Å². The number of aromatic nitrogens is 3. The van der Waals surface area contributed by atoms with Gasteiger partial charge in [0, 0.05) is 11.4 Å². The molecule has 2 N–H and O–H groups in total. The number of hydrazone groups is 1. The van der Waals surface area contributed by atoms with E-state index in [-0.39, 0.29) is 5.91 Å². The van der Waals surface area contributed by atoms with Crippen LogP contribution in [0.5, 0.6) is 5.75 Å². The van der Waals surface area contributed by atoms with Gasteiger partial charge < -0.3 is 10.1 Å². The van der Waals surface area contributed by atoms with Crippen LogP contribution in [-0.2, 0) is 11.3 Å². The minimum atomic E-state index is -0.448. The average molecular weight is 501 g/mol. The van der Waals surface area contributed by atoms with E-state index in [0.29, 0.717) is 11.7 Å². The molecular weight excluding hydrogens is 472 g/mol. The van der Waals surface area contributed by atoms with Gasteiger partial charge in [-0.2, -0.15) is 5.10 Å². The Morgan fingerprint density at radius 3 is 2.64 bits per heavy atom. The third-order valence-electron chi connectivity index (χ3n) is 5.43. The van der Waals surface area contributed by atoms with Crippen LogP contribution in [0.4, 0.5) is 5.69 Å². The molecule has 1 unspecified atom stereocenters. The van der Waals surface area contributed by atoms with Crippen molar-refractivity contribution in [3.8, 4) is 11.4 Å². The monoisotopic (exact) mass is 500 g/mol. The number of hydrogen-bond donors (Lipinski definition) is 2. The summed E-state index contributed by atoms with van der Waals surface area (Å²) < 4.78 is 7.18. The van der Waals surface area contributed by atoms with Crippen LogP contribution in [0.1, 0.15) is 23.9 Å². The molecule has 0 aliphatic carbocycles. The van der Waals surface area contributed by atoms with Gasteiger partial charge in [-0.15, -0.1) is 10.2 Å². The minimum absolute atomic E-state index is 0.235. The molecule has 8 nitrogen and oxygen atoms in total. The van der Waals surface area contributed by atoms with Crippen molar-refractivity contribution >= 4 is 29.6 Å². The number of rotatable bonds is 10. The number of benzene rings is 3. The number of carbonyl (C=O) groups excluding carboxylic acids is 1. The lowest BCUT2D eigenvalue weighted by molar-refractivity contribution is -0.120. The van der Waals surface area contributed by atoms with Crippen LogP contribution < -0.4 is 15.5 Å². The molecule has 0 aliphatic heterocycles. The normalized spacial score (nSPS) is 11.9. The van der Waals surface area contributed by atoms with Crippen LogP contribution >= 0.6 is 11.8 Å². The summed E-state index contributed by atoms with van der Waals surface area (Å²) >= 11 is 1.33. The number of para-hydroxylation sites is 2. The molecule has 1 atom stereocenters. The Kier molecular flexibility index (Phi) is 8.36. The zero-order valence-corrected chi connectivity index (χ0v) is 21.2. The van der Waals surface area contributed by atoms with Crippen molar-refractivity contribution in [3.63, 3.8) is 0 Å². The second-order valence-corrected chi connectivity index (χ2v) is 9.32. The standard InChI is InChI=1S/C27H28N6O2S/c1-19-10-7-8-15-24(19)28-18-25-30-32-27(33(25)22-12-5-4-6-13-22)36-20(2)26(34)31-29-17-21-11-9-14-23(16-21)35-3/h4-17,20,28H,18H2,1-3H3,(H,31,34). The van der Waals surface area contributed by atoms with Gasteiger partial charge in [0.15, 0.2) is 11.0 Å². The van der Waals surface area contributed by atoms with Crippen molar-refractivity contribution < 1.29 is 9.53 Å². The van der Waals surface area contributed by atoms with Crippen molar-refractivity contribution in [1.29, 1.82) is 0 Å². The zero-order valence-electron chi connectivity index (χ0n) is 20.4. The summed E-state index contributed by atoms with van der Waals surface area (Å²) in [6, 6.07) is 25.4. The van der Waals surface area contributed by atoms with Gasteiger partial charge in [0.2, 0.25) is 0 Å². The molecule has 0 saturated carbocycles. The number of methoxy groups -OCH3 is 1. The molecule has 4 rings (SSSR count). The smallest absolute Gasteiger partial charge is 0.253 e. The Bertz CT molecular complexity index is 1340. The van der Waals surface area contributed by atoms with E-state index in [2.05, 4.69) is 39.0 Å². The summed E-state index contributed by atoms with van der Waals surface area (Å²) in [5.74, 6) is 1.24. The van der Waals surface area contributed by atoms with Gasteiger partial charge in [0.1, 0.15) is 5.75 Å². The number of anilines is 1. The van der Waals surface area contributed by atoms with Crippen LogP contribution in [0.25, 0.3) is 5.69 Å². The van der Waals surface area contributed by atoms with Crippen LogP contribution in [0.2, 0.25) is 0 Å². The van der Waals surface area contributed by atoms with E-state index in [1.807, 2.05) is 84.3 Å². The molecular formula is C27H28N6O2S. The lowest BCUT2D eigenvalue weighted by Crippen LogP contribution is -2.27. The lowest BCUT2D eigenvalue weighted by Gasteiger charge is -2.14. The molecule has 0 radical (unpaired) electrons. The highest BCUT2D eigenvalue weighted by atomic mass is 32.2. The van der Waals surface area contributed by atoms with Crippen molar-refractivity contribution in [2.75, 3.05) is 12.4 Å². The first-order valence-corrected chi connectivity index (χ1v) is 12.4.